The van der Waals surface area contributed by atoms with Gasteiger partial charge in [0.25, 0.3) is 0 Å². The first-order valence-electron chi connectivity index (χ1n) is 8.96. The van der Waals surface area contributed by atoms with Crippen LogP contribution in [-0.4, -0.2) is 48.0 Å². The number of rotatable bonds is 8. The molecule has 0 amide bonds. The van der Waals surface area contributed by atoms with Crippen molar-refractivity contribution in [2.75, 3.05) is 28.4 Å². The van der Waals surface area contributed by atoms with Gasteiger partial charge in [-0.15, -0.1) is 0 Å². The fraction of sp³-hybridized carbons (Fsp3) is 0.300. The van der Waals surface area contributed by atoms with Gasteiger partial charge in [-0.2, -0.15) is 4.98 Å². The third-order valence-corrected chi connectivity index (χ3v) is 5.33. The standard InChI is InChI=1S/C20H22Cl2N4O3S/c1-25(10-12-5-8-16(27-2)18(29-4)17(12)28-3)11-26-20(30)23-19(24-26)14-7-6-13(21)9-15(14)22/h5-9H,10-11H2,1-4H3,(H,23,24,30). The minimum atomic E-state index is 0.419. The summed E-state index contributed by atoms with van der Waals surface area (Å²) in [6.07, 6.45) is 0. The second-order valence-corrected chi connectivity index (χ2v) is 7.76. The molecular formula is C20H22Cl2N4O3S. The minimum absolute atomic E-state index is 0.419. The lowest BCUT2D eigenvalue weighted by atomic mass is 10.1. The van der Waals surface area contributed by atoms with E-state index in [1.54, 1.807) is 44.2 Å². The maximum Gasteiger partial charge on any atom is 0.217 e. The predicted molar refractivity (Wildman–Crippen MR) is 120 cm³/mol. The number of hydrogen-bond acceptors (Lipinski definition) is 6. The zero-order chi connectivity index (χ0) is 21.8. The van der Waals surface area contributed by atoms with Crippen LogP contribution in [0.25, 0.3) is 11.4 Å². The quantitative estimate of drug-likeness (QED) is 0.467. The summed E-state index contributed by atoms with van der Waals surface area (Å²) in [4.78, 5) is 6.48. The lowest BCUT2D eigenvalue weighted by molar-refractivity contribution is 0.239. The highest BCUT2D eigenvalue weighted by atomic mass is 35.5. The molecule has 0 bridgehead atoms. The Morgan fingerprint density at radius 3 is 2.43 bits per heavy atom. The van der Waals surface area contributed by atoms with Gasteiger partial charge in [0.2, 0.25) is 10.5 Å². The summed E-state index contributed by atoms with van der Waals surface area (Å²) in [5, 5.41) is 4.26. The van der Waals surface area contributed by atoms with Crippen LogP contribution in [0.4, 0.5) is 0 Å². The van der Waals surface area contributed by atoms with Crippen molar-refractivity contribution in [2.24, 2.45) is 0 Å². The molecule has 160 valence electrons. The Balaban J connectivity index is 1.81. The number of nitrogens with one attached hydrogen (secondary N) is 1. The zero-order valence-electron chi connectivity index (χ0n) is 17.0. The summed E-state index contributed by atoms with van der Waals surface area (Å²) < 4.78 is 18.6. The van der Waals surface area contributed by atoms with Gasteiger partial charge in [0, 0.05) is 22.7 Å². The van der Waals surface area contributed by atoms with Gasteiger partial charge < -0.3 is 14.2 Å². The van der Waals surface area contributed by atoms with E-state index < -0.39 is 0 Å². The van der Waals surface area contributed by atoms with Gasteiger partial charge in [-0.3, -0.25) is 10.00 Å². The molecule has 30 heavy (non-hydrogen) atoms. The van der Waals surface area contributed by atoms with E-state index in [4.69, 9.17) is 49.6 Å². The number of methoxy groups -OCH3 is 3. The second kappa shape index (κ2) is 9.70. The predicted octanol–water partition coefficient (Wildman–Crippen LogP) is 5.03. The summed E-state index contributed by atoms with van der Waals surface area (Å²) in [5.41, 5.74) is 1.68. The fourth-order valence-electron chi connectivity index (χ4n) is 3.12. The van der Waals surface area contributed by atoms with E-state index in [0.717, 1.165) is 11.1 Å². The topological polar surface area (TPSA) is 64.5 Å². The number of aromatic nitrogens is 3. The van der Waals surface area contributed by atoms with Gasteiger partial charge in [0.1, 0.15) is 0 Å². The van der Waals surface area contributed by atoms with Crippen LogP contribution < -0.4 is 14.2 Å². The van der Waals surface area contributed by atoms with Crippen molar-refractivity contribution >= 4 is 35.4 Å². The molecule has 0 radical (unpaired) electrons. The molecule has 1 aromatic heterocycles. The number of H-pyrrole nitrogens is 1. The highest BCUT2D eigenvalue weighted by molar-refractivity contribution is 7.71. The lowest BCUT2D eigenvalue weighted by Crippen LogP contribution is -2.23. The molecule has 0 aliphatic heterocycles. The summed E-state index contributed by atoms with van der Waals surface area (Å²) in [6, 6.07) is 9.04. The first-order chi connectivity index (χ1) is 14.4. The molecule has 0 aliphatic carbocycles. The smallest absolute Gasteiger partial charge is 0.217 e. The molecule has 10 heteroatoms. The van der Waals surface area contributed by atoms with Crippen molar-refractivity contribution < 1.29 is 14.2 Å². The number of aromatic amines is 1. The molecule has 0 saturated carbocycles. The van der Waals surface area contributed by atoms with Crippen molar-refractivity contribution in [1.29, 1.82) is 0 Å². The van der Waals surface area contributed by atoms with Crippen LogP contribution in [0.2, 0.25) is 10.0 Å². The molecular weight excluding hydrogens is 447 g/mol. The Morgan fingerprint density at radius 2 is 1.80 bits per heavy atom. The van der Waals surface area contributed by atoms with Crippen LogP contribution in [0.3, 0.4) is 0 Å². The molecule has 0 fully saturated rings. The molecule has 2 aromatic carbocycles. The second-order valence-electron chi connectivity index (χ2n) is 6.56. The average Bonchev–Trinajstić information content (AvgIpc) is 3.07. The number of halogens is 2. The number of ether oxygens (including phenoxy) is 3. The molecule has 1 heterocycles. The molecule has 3 rings (SSSR count). The number of nitrogens with zero attached hydrogens (tertiary/aromatic N) is 3. The van der Waals surface area contributed by atoms with Crippen molar-refractivity contribution in [3.05, 3.63) is 50.7 Å². The molecule has 0 atom stereocenters. The van der Waals surface area contributed by atoms with E-state index in [1.165, 1.54) is 0 Å². The van der Waals surface area contributed by atoms with Gasteiger partial charge in [0.05, 0.1) is 33.0 Å². The maximum absolute atomic E-state index is 6.29. The highest BCUT2D eigenvalue weighted by Crippen LogP contribution is 2.40. The molecule has 0 saturated heterocycles. The Hall–Kier alpha value is -2.26. The van der Waals surface area contributed by atoms with Crippen LogP contribution in [0, 0.1) is 4.77 Å². The Kier molecular flexibility index (Phi) is 7.25. The third kappa shape index (κ3) is 4.73. The van der Waals surface area contributed by atoms with Gasteiger partial charge in [-0.1, -0.05) is 29.3 Å². The van der Waals surface area contributed by atoms with Gasteiger partial charge in [0.15, 0.2) is 17.3 Å². The van der Waals surface area contributed by atoms with E-state index in [1.807, 2.05) is 19.2 Å². The molecule has 3 aromatic rings. The van der Waals surface area contributed by atoms with Gasteiger partial charge >= 0.3 is 0 Å². The van der Waals surface area contributed by atoms with Crippen molar-refractivity contribution in [3.63, 3.8) is 0 Å². The summed E-state index contributed by atoms with van der Waals surface area (Å²) in [7, 11) is 6.75. The zero-order valence-corrected chi connectivity index (χ0v) is 19.4. The SMILES string of the molecule is COc1ccc(CN(C)Cn2[nH]c(-c3ccc(Cl)cc3Cl)nc2=S)c(OC)c1OC. The Morgan fingerprint density at radius 1 is 1.07 bits per heavy atom. The largest absolute Gasteiger partial charge is 0.493 e. The number of hydrogen-bond donors (Lipinski definition) is 1. The van der Waals surface area contributed by atoms with Crippen LogP contribution in [0.15, 0.2) is 30.3 Å². The highest BCUT2D eigenvalue weighted by Gasteiger charge is 2.17. The minimum Gasteiger partial charge on any atom is -0.493 e. The van der Waals surface area contributed by atoms with Crippen molar-refractivity contribution in [3.8, 4) is 28.6 Å². The van der Waals surface area contributed by atoms with Crippen LogP contribution in [-0.2, 0) is 13.2 Å². The van der Waals surface area contributed by atoms with Crippen LogP contribution >= 0.6 is 35.4 Å². The lowest BCUT2D eigenvalue weighted by Gasteiger charge is -2.20. The molecule has 1 N–H and O–H groups in total. The van der Waals surface area contributed by atoms with Crippen molar-refractivity contribution in [1.82, 2.24) is 19.7 Å². The number of benzene rings is 2. The summed E-state index contributed by atoms with van der Waals surface area (Å²) in [5.74, 6) is 2.38. The van der Waals surface area contributed by atoms with E-state index in [9.17, 15) is 0 Å². The first-order valence-corrected chi connectivity index (χ1v) is 10.1. The summed E-state index contributed by atoms with van der Waals surface area (Å²) >= 11 is 17.7. The first kappa shape index (κ1) is 22.4. The fourth-order valence-corrected chi connectivity index (χ4v) is 3.82. The van der Waals surface area contributed by atoms with Crippen LogP contribution in [0.5, 0.6) is 17.2 Å². The monoisotopic (exact) mass is 468 g/mol. The average molecular weight is 469 g/mol. The third-order valence-electron chi connectivity index (χ3n) is 4.47. The van der Waals surface area contributed by atoms with E-state index >= 15 is 0 Å². The van der Waals surface area contributed by atoms with Gasteiger partial charge in [-0.05, 0) is 43.5 Å². The normalized spacial score (nSPS) is 11.0. The van der Waals surface area contributed by atoms with Gasteiger partial charge in [-0.25, -0.2) is 4.68 Å². The molecule has 7 nitrogen and oxygen atoms in total. The van der Waals surface area contributed by atoms with E-state index in [0.29, 0.717) is 51.1 Å². The summed E-state index contributed by atoms with van der Waals surface area (Å²) in [6.45, 7) is 1.07. The Labute approximate surface area is 190 Å². The van der Waals surface area contributed by atoms with E-state index in [2.05, 4.69) is 15.0 Å². The van der Waals surface area contributed by atoms with E-state index in [-0.39, 0.29) is 0 Å². The van der Waals surface area contributed by atoms with Crippen LogP contribution in [0.1, 0.15) is 5.56 Å². The maximum atomic E-state index is 6.29. The van der Waals surface area contributed by atoms with Crippen molar-refractivity contribution in [2.45, 2.75) is 13.2 Å². The molecule has 0 aliphatic rings. The molecule has 0 unspecified atom stereocenters. The Bertz CT molecular complexity index is 1100. The molecule has 0 spiro atoms.